The molecule has 0 fully saturated rings. The summed E-state index contributed by atoms with van der Waals surface area (Å²) < 4.78 is 11.9. The average Bonchev–Trinajstić information content (AvgIpc) is 3.13. The van der Waals surface area contributed by atoms with Crippen molar-refractivity contribution in [3.05, 3.63) is 59.9 Å². The lowest BCUT2D eigenvalue weighted by atomic mass is 9.96. The van der Waals surface area contributed by atoms with Crippen LogP contribution in [0.15, 0.2) is 53.2 Å². The third kappa shape index (κ3) is 3.96. The lowest BCUT2D eigenvalue weighted by Crippen LogP contribution is -2.21. The standard InChI is InChI=1S/C24H27NO3/c1-5-12-25-22(26)13-16(3)19-14-20-21(18-10-8-7-9-11-18)15-28-24(20)17(4)23(19)27-6-2/h7-11,13-15H,5-6,12H2,1-4H3,(H,25,26)/b16-13+. The van der Waals surface area contributed by atoms with Crippen LogP contribution >= 0.6 is 0 Å². The first kappa shape index (κ1) is 19.7. The van der Waals surface area contributed by atoms with Crippen molar-refractivity contribution in [2.24, 2.45) is 0 Å². The van der Waals surface area contributed by atoms with Crippen molar-refractivity contribution in [2.45, 2.75) is 34.1 Å². The van der Waals surface area contributed by atoms with Crippen LogP contribution in [0.1, 0.15) is 38.3 Å². The molecular weight excluding hydrogens is 350 g/mol. The molecule has 0 aliphatic heterocycles. The maximum absolute atomic E-state index is 12.2. The van der Waals surface area contributed by atoms with Gasteiger partial charge in [-0.25, -0.2) is 0 Å². The highest BCUT2D eigenvalue weighted by Gasteiger charge is 2.19. The molecule has 4 heteroatoms. The van der Waals surface area contributed by atoms with Gasteiger partial charge >= 0.3 is 0 Å². The van der Waals surface area contributed by atoms with Crippen molar-refractivity contribution in [3.8, 4) is 16.9 Å². The Hall–Kier alpha value is -3.01. The van der Waals surface area contributed by atoms with Crippen LogP contribution in [0.3, 0.4) is 0 Å². The molecule has 146 valence electrons. The number of carbonyl (C=O) groups excluding carboxylic acids is 1. The monoisotopic (exact) mass is 377 g/mol. The van der Waals surface area contributed by atoms with E-state index in [-0.39, 0.29) is 5.91 Å². The molecule has 3 aromatic rings. The first-order chi connectivity index (χ1) is 13.6. The lowest BCUT2D eigenvalue weighted by Gasteiger charge is -2.15. The topological polar surface area (TPSA) is 51.5 Å². The van der Waals surface area contributed by atoms with Crippen molar-refractivity contribution in [3.63, 3.8) is 0 Å². The number of furan rings is 1. The molecule has 0 saturated heterocycles. The Bertz CT molecular complexity index is 1000. The number of aryl methyl sites for hydroxylation is 1. The fourth-order valence-corrected chi connectivity index (χ4v) is 3.35. The Labute approximate surface area is 166 Å². The summed E-state index contributed by atoms with van der Waals surface area (Å²) in [6, 6.07) is 12.2. The number of carbonyl (C=O) groups is 1. The van der Waals surface area contributed by atoms with Gasteiger partial charge in [0.1, 0.15) is 11.3 Å². The van der Waals surface area contributed by atoms with Crippen LogP contribution in [0.2, 0.25) is 0 Å². The number of rotatable bonds is 7. The minimum Gasteiger partial charge on any atom is -0.493 e. The SMILES string of the molecule is CCCNC(=O)/C=C(\C)c1cc2c(-c3ccccc3)coc2c(C)c1OCC. The Morgan fingerprint density at radius 1 is 1.21 bits per heavy atom. The summed E-state index contributed by atoms with van der Waals surface area (Å²) in [4.78, 5) is 12.2. The van der Waals surface area contributed by atoms with Crippen LogP contribution in [0.25, 0.3) is 27.7 Å². The Morgan fingerprint density at radius 3 is 2.64 bits per heavy atom. The number of hydrogen-bond acceptors (Lipinski definition) is 3. The predicted octanol–water partition coefficient (Wildman–Crippen LogP) is 5.74. The van der Waals surface area contributed by atoms with Crippen molar-refractivity contribution >= 4 is 22.4 Å². The van der Waals surface area contributed by atoms with Gasteiger partial charge in [-0.05, 0) is 44.4 Å². The quantitative estimate of drug-likeness (QED) is 0.535. The molecule has 0 saturated carbocycles. The Balaban J connectivity index is 2.16. The number of fused-ring (bicyclic) bond motifs is 1. The van der Waals surface area contributed by atoms with Crippen molar-refractivity contribution in [2.75, 3.05) is 13.2 Å². The molecule has 1 aromatic heterocycles. The summed E-state index contributed by atoms with van der Waals surface area (Å²) in [5.74, 6) is 0.677. The number of hydrogen-bond donors (Lipinski definition) is 1. The third-order valence-electron chi connectivity index (χ3n) is 4.74. The number of allylic oxidation sites excluding steroid dienone is 1. The van der Waals surface area contributed by atoms with Crippen molar-refractivity contribution in [1.29, 1.82) is 0 Å². The highest BCUT2D eigenvalue weighted by molar-refractivity contribution is 6.01. The van der Waals surface area contributed by atoms with E-state index in [0.717, 1.165) is 51.0 Å². The first-order valence-electron chi connectivity index (χ1n) is 9.76. The van der Waals surface area contributed by atoms with E-state index in [9.17, 15) is 4.79 Å². The molecule has 0 aliphatic rings. The fraction of sp³-hybridized carbons (Fsp3) is 0.292. The van der Waals surface area contributed by atoms with E-state index in [1.54, 1.807) is 12.3 Å². The van der Waals surface area contributed by atoms with Gasteiger partial charge in [-0.1, -0.05) is 37.3 Å². The molecule has 1 heterocycles. The third-order valence-corrected chi connectivity index (χ3v) is 4.74. The molecular formula is C24H27NO3. The predicted molar refractivity (Wildman–Crippen MR) is 115 cm³/mol. The molecule has 1 amide bonds. The van der Waals surface area contributed by atoms with Gasteiger partial charge in [-0.3, -0.25) is 4.79 Å². The van der Waals surface area contributed by atoms with E-state index in [0.29, 0.717) is 13.2 Å². The summed E-state index contributed by atoms with van der Waals surface area (Å²) in [6.45, 7) is 9.14. The van der Waals surface area contributed by atoms with Crippen LogP contribution in [-0.4, -0.2) is 19.1 Å². The smallest absolute Gasteiger partial charge is 0.244 e. The van der Waals surface area contributed by atoms with Gasteiger partial charge in [-0.15, -0.1) is 0 Å². The lowest BCUT2D eigenvalue weighted by molar-refractivity contribution is -0.116. The largest absolute Gasteiger partial charge is 0.493 e. The molecule has 0 atom stereocenters. The summed E-state index contributed by atoms with van der Waals surface area (Å²) >= 11 is 0. The molecule has 2 aromatic carbocycles. The normalized spacial score (nSPS) is 11.6. The molecule has 0 unspecified atom stereocenters. The van der Waals surface area contributed by atoms with Crippen molar-refractivity contribution in [1.82, 2.24) is 5.32 Å². The van der Waals surface area contributed by atoms with Gasteiger partial charge < -0.3 is 14.5 Å². The van der Waals surface area contributed by atoms with Crippen LogP contribution in [0.5, 0.6) is 5.75 Å². The molecule has 0 radical (unpaired) electrons. The van der Waals surface area contributed by atoms with Gasteiger partial charge in [0.05, 0.1) is 12.9 Å². The zero-order chi connectivity index (χ0) is 20.1. The minimum atomic E-state index is -0.0879. The molecule has 3 rings (SSSR count). The highest BCUT2D eigenvalue weighted by Crippen LogP contribution is 2.40. The number of nitrogens with one attached hydrogen (secondary N) is 1. The van der Waals surface area contributed by atoms with Gasteiger partial charge in [0.25, 0.3) is 0 Å². The van der Waals surface area contributed by atoms with Crippen LogP contribution in [0.4, 0.5) is 0 Å². The molecule has 28 heavy (non-hydrogen) atoms. The Kier molecular flexibility index (Phi) is 6.19. The number of amides is 1. The summed E-state index contributed by atoms with van der Waals surface area (Å²) in [5.41, 5.74) is 5.66. The molecule has 4 nitrogen and oxygen atoms in total. The van der Waals surface area contributed by atoms with E-state index in [2.05, 4.69) is 23.5 Å². The van der Waals surface area contributed by atoms with Crippen LogP contribution in [-0.2, 0) is 4.79 Å². The molecule has 0 aliphatic carbocycles. The molecule has 1 N–H and O–H groups in total. The maximum atomic E-state index is 12.2. The van der Waals surface area contributed by atoms with E-state index in [1.807, 2.05) is 45.9 Å². The molecule has 0 spiro atoms. The summed E-state index contributed by atoms with van der Waals surface area (Å²) in [5, 5.41) is 3.91. The zero-order valence-corrected chi connectivity index (χ0v) is 17.0. The molecule has 0 bridgehead atoms. The maximum Gasteiger partial charge on any atom is 0.244 e. The van der Waals surface area contributed by atoms with Gasteiger partial charge in [0.15, 0.2) is 0 Å². The highest BCUT2D eigenvalue weighted by atomic mass is 16.5. The van der Waals surface area contributed by atoms with Crippen LogP contribution in [0, 0.1) is 6.92 Å². The van der Waals surface area contributed by atoms with Crippen LogP contribution < -0.4 is 10.1 Å². The average molecular weight is 377 g/mol. The van der Waals surface area contributed by atoms with Crippen molar-refractivity contribution < 1.29 is 13.9 Å². The first-order valence-corrected chi connectivity index (χ1v) is 9.76. The zero-order valence-electron chi connectivity index (χ0n) is 17.0. The van der Waals surface area contributed by atoms with E-state index in [1.165, 1.54) is 0 Å². The number of ether oxygens (including phenoxy) is 1. The van der Waals surface area contributed by atoms with Gasteiger partial charge in [0.2, 0.25) is 5.91 Å². The second-order valence-corrected chi connectivity index (χ2v) is 6.82. The number of benzene rings is 2. The fourth-order valence-electron chi connectivity index (χ4n) is 3.35. The second kappa shape index (κ2) is 8.79. The summed E-state index contributed by atoms with van der Waals surface area (Å²) in [6.07, 6.45) is 4.34. The van der Waals surface area contributed by atoms with E-state index in [4.69, 9.17) is 9.15 Å². The van der Waals surface area contributed by atoms with E-state index >= 15 is 0 Å². The second-order valence-electron chi connectivity index (χ2n) is 6.82. The summed E-state index contributed by atoms with van der Waals surface area (Å²) in [7, 11) is 0. The Morgan fingerprint density at radius 2 is 1.96 bits per heavy atom. The van der Waals surface area contributed by atoms with Gasteiger partial charge in [-0.2, -0.15) is 0 Å². The minimum absolute atomic E-state index is 0.0879. The van der Waals surface area contributed by atoms with E-state index < -0.39 is 0 Å². The van der Waals surface area contributed by atoms with Gasteiger partial charge in [0, 0.05) is 34.7 Å².